The van der Waals surface area contributed by atoms with Crippen molar-refractivity contribution in [1.82, 2.24) is 0 Å². The Bertz CT molecular complexity index is 441. The average molecular weight is 271 g/mol. The topological polar surface area (TPSA) is 75.6 Å². The molecule has 0 fully saturated rings. The van der Waals surface area contributed by atoms with Gasteiger partial charge >= 0.3 is 5.97 Å². The zero-order valence-electron chi connectivity index (χ0n) is 10.6. The standard InChI is InChI=1S/C12H17NO4S/c1-7-6-18-11(12(15)16)10(7)13-9(14)5-4-8(2)17-3/h6,8H,4-5H2,1-3H3,(H,13,14)(H,15,16). The van der Waals surface area contributed by atoms with Gasteiger partial charge in [-0.25, -0.2) is 4.79 Å². The van der Waals surface area contributed by atoms with Gasteiger partial charge in [-0.05, 0) is 31.2 Å². The normalized spacial score (nSPS) is 12.2. The number of aromatic carboxylic acids is 1. The van der Waals surface area contributed by atoms with Gasteiger partial charge in [0.05, 0.1) is 11.8 Å². The number of carboxylic acids is 1. The molecular formula is C12H17NO4S. The molecule has 0 radical (unpaired) electrons. The van der Waals surface area contributed by atoms with E-state index in [2.05, 4.69) is 5.32 Å². The van der Waals surface area contributed by atoms with E-state index >= 15 is 0 Å². The Kier molecular flexibility index (Phi) is 5.30. The number of anilines is 1. The number of carbonyl (C=O) groups excluding carboxylic acids is 1. The first kappa shape index (κ1) is 14.7. The predicted molar refractivity (Wildman–Crippen MR) is 70.4 cm³/mol. The molecule has 1 atom stereocenters. The van der Waals surface area contributed by atoms with Gasteiger partial charge in [0.15, 0.2) is 0 Å². The van der Waals surface area contributed by atoms with Crippen molar-refractivity contribution >= 4 is 28.9 Å². The molecule has 2 N–H and O–H groups in total. The van der Waals surface area contributed by atoms with Crippen LogP contribution in [0.25, 0.3) is 0 Å². The van der Waals surface area contributed by atoms with Crippen molar-refractivity contribution in [2.45, 2.75) is 32.8 Å². The molecule has 5 nitrogen and oxygen atoms in total. The predicted octanol–water partition coefficient (Wildman–Crippen LogP) is 2.51. The second kappa shape index (κ2) is 6.51. The van der Waals surface area contributed by atoms with Gasteiger partial charge in [-0.15, -0.1) is 11.3 Å². The third kappa shape index (κ3) is 3.82. The average Bonchev–Trinajstić information content (AvgIpc) is 2.68. The molecular weight excluding hydrogens is 254 g/mol. The first-order chi connectivity index (χ1) is 8.45. The maximum atomic E-state index is 11.7. The van der Waals surface area contributed by atoms with E-state index in [1.807, 2.05) is 6.92 Å². The van der Waals surface area contributed by atoms with E-state index in [1.54, 1.807) is 19.4 Å². The number of hydrogen-bond donors (Lipinski definition) is 2. The summed E-state index contributed by atoms with van der Waals surface area (Å²) in [5, 5.41) is 13.4. The highest BCUT2D eigenvalue weighted by Crippen LogP contribution is 2.27. The molecule has 1 aromatic rings. The van der Waals surface area contributed by atoms with Crippen molar-refractivity contribution in [3.63, 3.8) is 0 Å². The van der Waals surface area contributed by atoms with Gasteiger partial charge in [0.1, 0.15) is 4.88 Å². The highest BCUT2D eigenvalue weighted by Gasteiger charge is 2.17. The van der Waals surface area contributed by atoms with Crippen LogP contribution in [-0.4, -0.2) is 30.2 Å². The first-order valence-electron chi connectivity index (χ1n) is 5.59. The van der Waals surface area contributed by atoms with Crippen LogP contribution in [0, 0.1) is 6.92 Å². The Balaban J connectivity index is 2.64. The number of nitrogens with one attached hydrogen (secondary N) is 1. The third-order valence-corrected chi connectivity index (χ3v) is 3.70. The van der Waals surface area contributed by atoms with Crippen LogP contribution in [0.4, 0.5) is 5.69 Å². The molecule has 0 spiro atoms. The molecule has 0 bridgehead atoms. The summed E-state index contributed by atoms with van der Waals surface area (Å²) in [6.07, 6.45) is 0.926. The number of rotatable bonds is 6. The van der Waals surface area contributed by atoms with Crippen LogP contribution in [0.5, 0.6) is 0 Å². The number of carbonyl (C=O) groups is 2. The van der Waals surface area contributed by atoms with E-state index in [9.17, 15) is 9.59 Å². The largest absolute Gasteiger partial charge is 0.477 e. The van der Waals surface area contributed by atoms with E-state index in [0.717, 1.165) is 16.9 Å². The molecule has 0 saturated heterocycles. The first-order valence-corrected chi connectivity index (χ1v) is 6.47. The van der Waals surface area contributed by atoms with Gasteiger partial charge in [-0.1, -0.05) is 0 Å². The number of amides is 1. The van der Waals surface area contributed by atoms with Gasteiger partial charge in [0.25, 0.3) is 0 Å². The molecule has 1 aromatic heterocycles. The second-order valence-corrected chi connectivity index (χ2v) is 4.94. The summed E-state index contributed by atoms with van der Waals surface area (Å²) in [5.41, 5.74) is 1.17. The van der Waals surface area contributed by atoms with Crippen molar-refractivity contribution in [1.29, 1.82) is 0 Å². The maximum Gasteiger partial charge on any atom is 0.348 e. The molecule has 1 rings (SSSR count). The van der Waals surface area contributed by atoms with Crippen molar-refractivity contribution in [3.8, 4) is 0 Å². The van der Waals surface area contributed by atoms with Crippen LogP contribution >= 0.6 is 11.3 Å². The van der Waals surface area contributed by atoms with Crippen molar-refractivity contribution in [3.05, 3.63) is 15.8 Å². The second-order valence-electron chi connectivity index (χ2n) is 4.06. The van der Waals surface area contributed by atoms with Crippen molar-refractivity contribution in [2.24, 2.45) is 0 Å². The molecule has 0 aliphatic rings. The Hall–Kier alpha value is -1.40. The van der Waals surface area contributed by atoms with Gasteiger partial charge in [-0.3, -0.25) is 4.79 Å². The zero-order chi connectivity index (χ0) is 13.7. The number of hydrogen-bond acceptors (Lipinski definition) is 4. The minimum atomic E-state index is -1.02. The smallest absolute Gasteiger partial charge is 0.348 e. The lowest BCUT2D eigenvalue weighted by Crippen LogP contribution is -2.16. The number of methoxy groups -OCH3 is 1. The molecule has 0 aliphatic carbocycles. The van der Waals surface area contributed by atoms with Crippen molar-refractivity contribution < 1.29 is 19.4 Å². The molecule has 1 unspecified atom stereocenters. The van der Waals surface area contributed by atoms with E-state index < -0.39 is 5.97 Å². The van der Waals surface area contributed by atoms with Gasteiger partial charge in [-0.2, -0.15) is 0 Å². The monoisotopic (exact) mass is 271 g/mol. The van der Waals surface area contributed by atoms with Gasteiger partial charge in [0, 0.05) is 13.5 Å². The van der Waals surface area contributed by atoms with Gasteiger partial charge < -0.3 is 15.2 Å². The number of carboxylic acid groups (broad SMARTS) is 1. The SMILES string of the molecule is COC(C)CCC(=O)Nc1c(C)csc1C(=O)O. The van der Waals surface area contributed by atoms with Crippen LogP contribution in [0.15, 0.2) is 5.38 Å². The Morgan fingerprint density at radius 2 is 2.22 bits per heavy atom. The van der Waals surface area contributed by atoms with E-state index in [1.165, 1.54) is 0 Å². The van der Waals surface area contributed by atoms with Gasteiger partial charge in [0.2, 0.25) is 5.91 Å². The van der Waals surface area contributed by atoms with E-state index in [0.29, 0.717) is 18.5 Å². The summed E-state index contributed by atoms with van der Waals surface area (Å²) in [6, 6.07) is 0. The van der Waals surface area contributed by atoms with Crippen LogP contribution in [0.1, 0.15) is 35.0 Å². The molecule has 0 aliphatic heterocycles. The van der Waals surface area contributed by atoms with Crippen LogP contribution in [0.2, 0.25) is 0 Å². The molecule has 18 heavy (non-hydrogen) atoms. The highest BCUT2D eigenvalue weighted by molar-refractivity contribution is 7.12. The Morgan fingerprint density at radius 1 is 1.56 bits per heavy atom. The molecule has 0 aromatic carbocycles. The van der Waals surface area contributed by atoms with Crippen LogP contribution in [0.3, 0.4) is 0 Å². The lowest BCUT2D eigenvalue weighted by molar-refractivity contribution is -0.116. The fourth-order valence-corrected chi connectivity index (χ4v) is 2.25. The number of aryl methyl sites for hydroxylation is 1. The molecule has 100 valence electrons. The third-order valence-electron chi connectivity index (χ3n) is 2.61. The summed E-state index contributed by atoms with van der Waals surface area (Å²) in [4.78, 5) is 22.8. The highest BCUT2D eigenvalue weighted by atomic mass is 32.1. The quantitative estimate of drug-likeness (QED) is 0.833. The van der Waals surface area contributed by atoms with Crippen LogP contribution < -0.4 is 5.32 Å². The summed E-state index contributed by atoms with van der Waals surface area (Å²) in [5.74, 6) is -1.21. The Morgan fingerprint density at radius 3 is 2.78 bits per heavy atom. The minimum absolute atomic E-state index is 0.0123. The van der Waals surface area contributed by atoms with Crippen molar-refractivity contribution in [2.75, 3.05) is 12.4 Å². The molecule has 0 saturated carbocycles. The fraction of sp³-hybridized carbons (Fsp3) is 0.500. The minimum Gasteiger partial charge on any atom is -0.477 e. The van der Waals surface area contributed by atoms with E-state index in [-0.39, 0.29) is 16.9 Å². The van der Waals surface area contributed by atoms with E-state index in [4.69, 9.17) is 9.84 Å². The maximum absolute atomic E-state index is 11.7. The van der Waals surface area contributed by atoms with Crippen LogP contribution in [-0.2, 0) is 9.53 Å². The molecule has 6 heteroatoms. The Labute approximate surface area is 110 Å². The zero-order valence-corrected chi connectivity index (χ0v) is 11.5. The molecule has 1 heterocycles. The number of ether oxygens (including phenoxy) is 1. The summed E-state index contributed by atoms with van der Waals surface area (Å²) >= 11 is 1.12. The fourth-order valence-electron chi connectivity index (χ4n) is 1.41. The lowest BCUT2D eigenvalue weighted by Gasteiger charge is -2.09. The summed E-state index contributed by atoms with van der Waals surface area (Å²) in [6.45, 7) is 3.65. The summed E-state index contributed by atoms with van der Waals surface area (Å²) < 4.78 is 5.05. The molecule has 1 amide bonds. The summed E-state index contributed by atoms with van der Waals surface area (Å²) in [7, 11) is 1.59. The number of thiophene rings is 1. The lowest BCUT2D eigenvalue weighted by atomic mass is 10.2.